The quantitative estimate of drug-likeness (QED) is 0.0255. The molecule has 0 spiro atoms. The molecule has 2 aliphatic heterocycles. The van der Waals surface area contributed by atoms with Crippen molar-refractivity contribution in [3.05, 3.63) is 115 Å². The second-order valence-electron chi connectivity index (χ2n) is 22.2. The average Bonchev–Trinajstić information content (AvgIpc) is 3.71. The van der Waals surface area contributed by atoms with Gasteiger partial charge in [-0.2, -0.15) is 14.7 Å². The molecule has 25 heteroatoms. The topological polar surface area (TPSA) is 264 Å². The molecule has 91 heavy (non-hydrogen) atoms. The molecule has 492 valence electrons. The van der Waals surface area contributed by atoms with Gasteiger partial charge in [0, 0.05) is 87.4 Å². The van der Waals surface area contributed by atoms with Gasteiger partial charge in [0.25, 0.3) is 0 Å². The fraction of sp³-hybridized carbons (Fsp3) is 0.530. The molecular weight excluding hydrogens is 1170 g/mol. The number of aryl methyl sites for hydroxylation is 1. The molecule has 0 aliphatic carbocycles. The number of ether oxygens (including phenoxy) is 10. The number of aliphatic hydroxyl groups is 1. The van der Waals surface area contributed by atoms with Gasteiger partial charge in [0.2, 0.25) is 11.8 Å². The van der Waals surface area contributed by atoms with E-state index < -0.39 is 0 Å². The summed E-state index contributed by atoms with van der Waals surface area (Å²) in [5.41, 5.74) is 11.6. The number of nitrogens with one attached hydrogen (secondary N) is 1. The van der Waals surface area contributed by atoms with Crippen LogP contribution in [0.5, 0.6) is 17.4 Å². The number of aromatic nitrogens is 8. The minimum Gasteiger partial charge on any atom is -0.475 e. The van der Waals surface area contributed by atoms with Crippen LogP contribution in [0.3, 0.4) is 0 Å². The largest absolute Gasteiger partial charge is 0.475 e. The van der Waals surface area contributed by atoms with Crippen molar-refractivity contribution in [3.63, 3.8) is 0 Å². The molecule has 0 bridgehead atoms. The van der Waals surface area contributed by atoms with E-state index in [4.69, 9.17) is 63.2 Å². The summed E-state index contributed by atoms with van der Waals surface area (Å²) in [7, 11) is 2.00. The standard InChI is InChI=1S/C66H91N13O12/c1-3-52-48-72-79-58(45-59(73-65(52)79)77-25-8-7-11-54(77)22-27-80)68-46-51-16-21-60(69-47-51)90-44-43-89-42-41-88-40-39-87-38-37-86-36-35-85-34-33-84-32-31-83-30-29-82-28-26-75(2)23-10-15-61(81)76-24-9-12-55(49-76)78-66-62(64(67)70-50-71-66)63(74-78)53-17-19-57(20-18-53)91-56-13-5-4-6-14-56/h4-6,10,13-21,45,47-48,50,54-55,68,80H,3,7-9,11-12,22-44,46,49H2,1-2H3,(H2,67,70,71)/b15-10+/t54-,55+/m0/s1. The van der Waals surface area contributed by atoms with E-state index in [1.54, 1.807) is 6.08 Å². The number of pyridine rings is 1. The first kappa shape index (κ1) is 67.9. The highest BCUT2D eigenvalue weighted by atomic mass is 16.6. The molecule has 7 aromatic rings. The number of carbonyl (C=O) groups is 1. The zero-order chi connectivity index (χ0) is 63.1. The van der Waals surface area contributed by atoms with Gasteiger partial charge in [-0.05, 0) is 94.0 Å². The van der Waals surface area contributed by atoms with E-state index in [2.05, 4.69) is 48.2 Å². The highest BCUT2D eigenvalue weighted by molar-refractivity contribution is 5.98. The van der Waals surface area contributed by atoms with Gasteiger partial charge in [-0.25, -0.2) is 24.6 Å². The molecule has 2 aliphatic rings. The van der Waals surface area contributed by atoms with E-state index in [0.717, 1.165) is 84.8 Å². The van der Waals surface area contributed by atoms with Gasteiger partial charge in [-0.15, -0.1) is 0 Å². The number of hydrogen-bond acceptors (Lipinski definition) is 22. The van der Waals surface area contributed by atoms with Crippen LogP contribution < -0.4 is 25.4 Å². The number of likely N-dealkylation sites (N-methyl/N-ethyl adjacent to an activating group) is 1. The van der Waals surface area contributed by atoms with Crippen LogP contribution in [-0.4, -0.2) is 225 Å². The number of para-hydroxylation sites is 1. The van der Waals surface area contributed by atoms with Gasteiger partial charge < -0.3 is 78.2 Å². The molecule has 1 amide bonds. The number of anilines is 3. The molecule has 25 nitrogen and oxygen atoms in total. The molecule has 0 radical (unpaired) electrons. The molecule has 9 rings (SSSR count). The number of aliphatic hydroxyl groups excluding tert-OH is 1. The molecule has 5 aromatic heterocycles. The van der Waals surface area contributed by atoms with E-state index in [-0.39, 0.29) is 24.6 Å². The van der Waals surface area contributed by atoms with Crippen molar-refractivity contribution in [2.45, 2.75) is 70.5 Å². The Bertz CT molecular complexity index is 3250. The smallest absolute Gasteiger partial charge is 0.246 e. The maximum atomic E-state index is 13.4. The summed E-state index contributed by atoms with van der Waals surface area (Å²) < 4.78 is 60.7. The van der Waals surface area contributed by atoms with E-state index >= 15 is 0 Å². The van der Waals surface area contributed by atoms with Gasteiger partial charge in [0.05, 0.1) is 123 Å². The molecule has 0 unspecified atom stereocenters. The SMILES string of the molecule is CCc1cnn2c(NCc3ccc(OCCOCCOCCOCCOCCOCCOCCOCCOCCN(C)C/C=C/C(=O)N4CCC[C@@H](n5nc(-c6ccc(Oc7ccccc7)cc6)c6c(N)ncnc65)C4)nc3)cc(N3CCCC[C@H]3CCO)nc12. The van der Waals surface area contributed by atoms with Crippen LogP contribution in [0.1, 0.15) is 62.6 Å². The summed E-state index contributed by atoms with van der Waals surface area (Å²) in [6.07, 6.45) is 15.3. The first-order chi connectivity index (χ1) is 44.8. The number of amides is 1. The minimum atomic E-state index is -0.0766. The summed E-state index contributed by atoms with van der Waals surface area (Å²) in [6, 6.07) is 23.5. The van der Waals surface area contributed by atoms with Crippen LogP contribution in [0, 0.1) is 0 Å². The normalized spacial score (nSPS) is 15.4. The van der Waals surface area contributed by atoms with Crippen LogP contribution in [-0.2, 0) is 55.7 Å². The summed E-state index contributed by atoms with van der Waals surface area (Å²) >= 11 is 0. The van der Waals surface area contributed by atoms with Crippen molar-refractivity contribution in [3.8, 4) is 28.6 Å². The number of hydrogen-bond donors (Lipinski definition) is 3. The molecule has 0 saturated carbocycles. The van der Waals surface area contributed by atoms with Crippen molar-refractivity contribution in [1.82, 2.24) is 49.1 Å². The third-order valence-corrected chi connectivity index (χ3v) is 15.6. The molecule has 7 heterocycles. The third-order valence-electron chi connectivity index (χ3n) is 15.6. The molecule has 2 atom stereocenters. The highest BCUT2D eigenvalue weighted by Crippen LogP contribution is 2.35. The lowest BCUT2D eigenvalue weighted by Gasteiger charge is -2.36. The minimum absolute atomic E-state index is 0.0330. The van der Waals surface area contributed by atoms with Crippen molar-refractivity contribution < 1.29 is 57.3 Å². The zero-order valence-corrected chi connectivity index (χ0v) is 52.8. The van der Waals surface area contributed by atoms with Crippen molar-refractivity contribution in [1.29, 1.82) is 0 Å². The number of piperidine rings is 2. The van der Waals surface area contributed by atoms with E-state index in [9.17, 15) is 9.90 Å². The number of fused-ring (bicyclic) bond motifs is 2. The fourth-order valence-electron chi connectivity index (χ4n) is 10.8. The number of nitrogen functional groups attached to an aromatic ring is 1. The second kappa shape index (κ2) is 37.8. The van der Waals surface area contributed by atoms with Crippen LogP contribution in [0.2, 0.25) is 0 Å². The Balaban J connectivity index is 0.513. The Morgan fingerprint density at radius 2 is 1.38 bits per heavy atom. The zero-order valence-electron chi connectivity index (χ0n) is 52.8. The Hall–Kier alpha value is -7.43. The van der Waals surface area contributed by atoms with Crippen LogP contribution in [0.4, 0.5) is 17.5 Å². The Labute approximate surface area is 533 Å². The van der Waals surface area contributed by atoms with Gasteiger partial charge in [-0.3, -0.25) is 4.79 Å². The van der Waals surface area contributed by atoms with Crippen LogP contribution in [0.25, 0.3) is 27.9 Å². The summed E-state index contributed by atoms with van der Waals surface area (Å²) in [6.45, 7) is 14.1. The number of benzene rings is 2. The van der Waals surface area contributed by atoms with Crippen LogP contribution >= 0.6 is 0 Å². The molecule has 2 fully saturated rings. The maximum absolute atomic E-state index is 13.4. The lowest BCUT2D eigenvalue weighted by Crippen LogP contribution is -2.40. The lowest BCUT2D eigenvalue weighted by molar-refractivity contribution is -0.127. The monoisotopic (exact) mass is 1260 g/mol. The van der Waals surface area contributed by atoms with E-state index in [1.165, 1.54) is 12.7 Å². The van der Waals surface area contributed by atoms with Crippen LogP contribution in [0.15, 0.2) is 104 Å². The second-order valence-corrected chi connectivity index (χ2v) is 22.2. The lowest BCUT2D eigenvalue weighted by atomic mass is 9.99. The number of carbonyl (C=O) groups excluding carboxylic acids is 1. The molecule has 4 N–H and O–H groups in total. The van der Waals surface area contributed by atoms with Crippen molar-refractivity contribution >= 4 is 40.0 Å². The first-order valence-electron chi connectivity index (χ1n) is 32.0. The highest BCUT2D eigenvalue weighted by Gasteiger charge is 2.29. The van der Waals surface area contributed by atoms with E-state index in [0.29, 0.717) is 179 Å². The number of likely N-dealkylation sites (tertiary alicyclic amines) is 1. The van der Waals surface area contributed by atoms with Crippen molar-refractivity contribution in [2.24, 2.45) is 0 Å². The number of nitrogens with zero attached hydrogens (tertiary/aromatic N) is 11. The molecular formula is C66H91N13O12. The summed E-state index contributed by atoms with van der Waals surface area (Å²) in [5, 5.41) is 23.6. The van der Waals surface area contributed by atoms with Gasteiger partial charge in [-0.1, -0.05) is 37.3 Å². The third kappa shape index (κ3) is 21.3. The molecule has 2 aromatic carbocycles. The average molecular weight is 1260 g/mol. The summed E-state index contributed by atoms with van der Waals surface area (Å²) in [5.74, 6) is 4.10. The number of rotatable bonds is 42. The van der Waals surface area contributed by atoms with Gasteiger partial charge >= 0.3 is 0 Å². The van der Waals surface area contributed by atoms with Crippen molar-refractivity contribution in [2.75, 3.05) is 175 Å². The fourth-order valence-corrected chi connectivity index (χ4v) is 10.8. The van der Waals surface area contributed by atoms with Gasteiger partial charge in [0.1, 0.15) is 47.6 Å². The Morgan fingerprint density at radius 1 is 0.725 bits per heavy atom. The Kier molecular flexibility index (Phi) is 28.2. The number of nitrogens with two attached hydrogens (primary N) is 1. The Morgan fingerprint density at radius 3 is 2.03 bits per heavy atom. The van der Waals surface area contributed by atoms with E-state index in [1.807, 2.05) is 106 Å². The summed E-state index contributed by atoms with van der Waals surface area (Å²) in [4.78, 5) is 38.1. The van der Waals surface area contributed by atoms with Gasteiger partial charge in [0.15, 0.2) is 11.3 Å². The first-order valence-corrected chi connectivity index (χ1v) is 32.0. The molecule has 2 saturated heterocycles. The maximum Gasteiger partial charge on any atom is 0.246 e. The predicted octanol–water partition coefficient (Wildman–Crippen LogP) is 7.08. The predicted molar refractivity (Wildman–Crippen MR) is 346 cm³/mol.